The summed E-state index contributed by atoms with van der Waals surface area (Å²) in [6.07, 6.45) is 5.85. The molecule has 43 heavy (non-hydrogen) atoms. The molecule has 0 amide bonds. The Morgan fingerprint density at radius 2 is 1.53 bits per heavy atom. The molecule has 0 unspecified atom stereocenters. The standard InChI is InChI=1S/C35H48O7Si/c1-8-15-31-32(41-29(22-34(36)37-5)25-40-43(6,7)35(2,3)4)21-20-30(39-24-28-18-13-10-14-19-28)33(42-31)26-38-23-27-16-11-9-12-17-27/h8-14,16-22,30-33H,1,15,23-26H2,2-7H3/b29-22+/t30-,31-,32+,33+/m1/s1. The Bertz CT molecular complexity index is 1190. The van der Waals surface area contributed by atoms with Crippen LogP contribution in [0.1, 0.15) is 38.3 Å². The van der Waals surface area contributed by atoms with Gasteiger partial charge in [0.1, 0.15) is 30.2 Å². The molecule has 0 fully saturated rings. The summed E-state index contributed by atoms with van der Waals surface area (Å²) in [6, 6.07) is 20.0. The van der Waals surface area contributed by atoms with Crippen LogP contribution in [0.3, 0.4) is 0 Å². The predicted molar refractivity (Wildman–Crippen MR) is 172 cm³/mol. The van der Waals surface area contributed by atoms with Crippen molar-refractivity contribution in [3.63, 3.8) is 0 Å². The van der Waals surface area contributed by atoms with E-state index in [4.69, 9.17) is 28.1 Å². The van der Waals surface area contributed by atoms with Gasteiger partial charge in [0.05, 0.1) is 39.6 Å². The lowest BCUT2D eigenvalue weighted by atomic mass is 10.1. The molecule has 2 aromatic rings. The molecule has 8 heteroatoms. The van der Waals surface area contributed by atoms with Gasteiger partial charge in [-0.2, -0.15) is 0 Å². The smallest absolute Gasteiger partial charge is 0.333 e. The second-order valence-corrected chi connectivity index (χ2v) is 17.0. The first-order chi connectivity index (χ1) is 20.5. The summed E-state index contributed by atoms with van der Waals surface area (Å²) in [7, 11) is -0.777. The number of methoxy groups -OCH3 is 1. The normalized spacial score (nSPS) is 21.2. The Kier molecular flexibility index (Phi) is 13.4. The molecule has 0 spiro atoms. The number of carbonyl (C=O) groups is 1. The van der Waals surface area contributed by atoms with Crippen LogP contribution in [0.2, 0.25) is 18.1 Å². The van der Waals surface area contributed by atoms with Crippen LogP contribution in [0.4, 0.5) is 0 Å². The minimum Gasteiger partial charge on any atom is -0.485 e. The highest BCUT2D eigenvalue weighted by atomic mass is 28.4. The highest BCUT2D eigenvalue weighted by Gasteiger charge is 2.38. The van der Waals surface area contributed by atoms with Gasteiger partial charge in [-0.05, 0) is 41.8 Å². The first-order valence-corrected chi connectivity index (χ1v) is 17.7. The summed E-state index contributed by atoms with van der Waals surface area (Å²) in [5, 5.41) is -0.00360. The van der Waals surface area contributed by atoms with Crippen LogP contribution in [0.25, 0.3) is 0 Å². The molecular weight excluding hydrogens is 560 g/mol. The molecule has 0 bridgehead atoms. The zero-order valence-corrected chi connectivity index (χ0v) is 27.5. The van der Waals surface area contributed by atoms with E-state index in [0.29, 0.717) is 32.0 Å². The number of benzene rings is 2. The van der Waals surface area contributed by atoms with Crippen molar-refractivity contribution >= 4 is 14.3 Å². The molecule has 0 saturated carbocycles. The summed E-state index contributed by atoms with van der Waals surface area (Å²) in [5.41, 5.74) is 2.14. The van der Waals surface area contributed by atoms with Gasteiger partial charge in [0.25, 0.3) is 0 Å². The molecular formula is C35H48O7Si. The minimum atomic E-state index is -2.12. The van der Waals surface area contributed by atoms with Crippen LogP contribution in [0.5, 0.6) is 0 Å². The summed E-state index contributed by atoms with van der Waals surface area (Å²) in [4.78, 5) is 12.3. The highest BCUT2D eigenvalue weighted by Crippen LogP contribution is 2.37. The quantitative estimate of drug-likeness (QED) is 0.0699. The van der Waals surface area contributed by atoms with E-state index >= 15 is 0 Å². The molecule has 7 nitrogen and oxygen atoms in total. The lowest BCUT2D eigenvalue weighted by molar-refractivity contribution is -0.137. The highest BCUT2D eigenvalue weighted by molar-refractivity contribution is 6.74. The van der Waals surface area contributed by atoms with Crippen molar-refractivity contribution in [1.82, 2.24) is 0 Å². The summed E-state index contributed by atoms with van der Waals surface area (Å²) in [5.74, 6) is -0.131. The number of hydrogen-bond acceptors (Lipinski definition) is 7. The molecule has 0 radical (unpaired) electrons. The third kappa shape index (κ3) is 11.2. The van der Waals surface area contributed by atoms with Gasteiger partial charge in [0.2, 0.25) is 0 Å². The summed E-state index contributed by atoms with van der Waals surface area (Å²) >= 11 is 0. The topological polar surface area (TPSA) is 72.5 Å². The summed E-state index contributed by atoms with van der Waals surface area (Å²) in [6.45, 7) is 16.1. The van der Waals surface area contributed by atoms with Gasteiger partial charge in [-0.15, -0.1) is 6.58 Å². The Morgan fingerprint density at radius 1 is 0.930 bits per heavy atom. The van der Waals surface area contributed by atoms with Crippen LogP contribution < -0.4 is 0 Å². The SMILES string of the molecule is C=CC[C@H]1O[C@@H](COCc2ccccc2)[C@H](OCc2ccccc2)C=C[C@@H]1O/C(=C/C(=O)OC)CO[Si](C)(C)C(C)(C)C. The fraction of sp³-hybridized carbons (Fsp3) is 0.457. The molecule has 2 aromatic carbocycles. The van der Waals surface area contributed by atoms with Crippen molar-refractivity contribution in [3.05, 3.63) is 108 Å². The van der Waals surface area contributed by atoms with E-state index in [-0.39, 0.29) is 11.6 Å². The van der Waals surface area contributed by atoms with E-state index in [0.717, 1.165) is 11.1 Å². The summed E-state index contributed by atoms with van der Waals surface area (Å²) < 4.78 is 36.9. The maximum atomic E-state index is 12.3. The van der Waals surface area contributed by atoms with Gasteiger partial charge < -0.3 is 28.1 Å². The fourth-order valence-electron chi connectivity index (χ4n) is 4.19. The molecule has 1 aliphatic rings. The molecule has 234 valence electrons. The number of carbonyl (C=O) groups excluding carboxylic acids is 1. The van der Waals surface area contributed by atoms with Gasteiger partial charge >= 0.3 is 5.97 Å². The molecule has 1 heterocycles. The van der Waals surface area contributed by atoms with Crippen LogP contribution in [-0.4, -0.2) is 59.0 Å². The number of rotatable bonds is 15. The molecule has 0 aromatic heterocycles. The van der Waals surface area contributed by atoms with E-state index in [1.54, 1.807) is 6.08 Å². The van der Waals surface area contributed by atoms with Gasteiger partial charge in [-0.25, -0.2) is 4.79 Å². The van der Waals surface area contributed by atoms with E-state index < -0.39 is 38.7 Å². The number of esters is 1. The largest absolute Gasteiger partial charge is 0.485 e. The second kappa shape index (κ2) is 16.7. The maximum absolute atomic E-state index is 12.3. The third-order valence-corrected chi connectivity index (χ3v) is 12.3. The van der Waals surface area contributed by atoms with Crippen LogP contribution in [0.15, 0.2) is 97.3 Å². The zero-order chi connectivity index (χ0) is 31.3. The number of ether oxygens (including phenoxy) is 5. The zero-order valence-electron chi connectivity index (χ0n) is 26.5. The van der Waals surface area contributed by atoms with E-state index in [2.05, 4.69) is 40.4 Å². The van der Waals surface area contributed by atoms with Crippen LogP contribution in [-0.2, 0) is 46.1 Å². The lowest BCUT2D eigenvalue weighted by Crippen LogP contribution is -2.42. The minimum absolute atomic E-state index is 0.00360. The van der Waals surface area contributed by atoms with Gasteiger partial charge in [0, 0.05) is 0 Å². The van der Waals surface area contributed by atoms with Crippen molar-refractivity contribution in [2.45, 2.75) is 83.0 Å². The Labute approximate surface area is 258 Å². The van der Waals surface area contributed by atoms with Crippen molar-refractivity contribution < 1.29 is 32.9 Å². The molecule has 4 atom stereocenters. The third-order valence-electron chi connectivity index (χ3n) is 7.80. The van der Waals surface area contributed by atoms with E-state index in [1.807, 2.05) is 72.8 Å². The molecule has 1 aliphatic heterocycles. The molecule has 0 saturated heterocycles. The van der Waals surface area contributed by atoms with Crippen LogP contribution >= 0.6 is 0 Å². The van der Waals surface area contributed by atoms with Crippen molar-refractivity contribution in [3.8, 4) is 0 Å². The van der Waals surface area contributed by atoms with E-state index in [9.17, 15) is 4.79 Å². The number of hydrogen-bond donors (Lipinski definition) is 0. The van der Waals surface area contributed by atoms with Crippen molar-refractivity contribution in [2.24, 2.45) is 0 Å². The Morgan fingerprint density at radius 3 is 2.12 bits per heavy atom. The van der Waals surface area contributed by atoms with Gasteiger partial charge in [0.15, 0.2) is 8.32 Å². The average molecular weight is 609 g/mol. The monoisotopic (exact) mass is 608 g/mol. The van der Waals surface area contributed by atoms with Gasteiger partial charge in [-0.3, -0.25) is 0 Å². The van der Waals surface area contributed by atoms with Crippen LogP contribution in [0, 0.1) is 0 Å². The lowest BCUT2D eigenvalue weighted by Gasteiger charge is -2.36. The van der Waals surface area contributed by atoms with Gasteiger partial charge in [-0.1, -0.05) is 93.6 Å². The Hall–Kier alpha value is -3.01. The molecule has 3 rings (SSSR count). The first-order valence-electron chi connectivity index (χ1n) is 14.8. The molecule has 0 N–H and O–H groups in total. The average Bonchev–Trinajstić information content (AvgIpc) is 3.14. The van der Waals surface area contributed by atoms with Crippen molar-refractivity contribution in [2.75, 3.05) is 20.3 Å². The second-order valence-electron chi connectivity index (χ2n) is 12.1. The predicted octanol–water partition coefficient (Wildman–Crippen LogP) is 7.15. The van der Waals surface area contributed by atoms with Crippen molar-refractivity contribution in [1.29, 1.82) is 0 Å². The fourth-order valence-corrected chi connectivity index (χ4v) is 5.13. The Balaban J connectivity index is 1.82. The first kappa shape index (κ1) is 34.5. The molecule has 0 aliphatic carbocycles. The van der Waals surface area contributed by atoms with E-state index in [1.165, 1.54) is 13.2 Å². The maximum Gasteiger partial charge on any atom is 0.333 e.